The van der Waals surface area contributed by atoms with Crippen LogP contribution in [0, 0.1) is 0 Å². The van der Waals surface area contributed by atoms with Gasteiger partial charge >= 0.3 is 0 Å². The minimum Gasteiger partial charge on any atom is -0.455 e. The zero-order valence-corrected chi connectivity index (χ0v) is 13.3. The SMILES string of the molecule is Bc1ccc2c(c1)-c1cccc3c1c-2cc1c2ccccc2oc31. The summed E-state index contributed by atoms with van der Waals surface area (Å²) in [7, 11) is 2.16. The fourth-order valence-electron chi connectivity index (χ4n) is 4.21. The average molecular weight is 304 g/mol. The highest BCUT2D eigenvalue weighted by Crippen LogP contribution is 2.50. The van der Waals surface area contributed by atoms with Crippen LogP contribution in [-0.2, 0) is 0 Å². The van der Waals surface area contributed by atoms with Gasteiger partial charge in [0.2, 0.25) is 0 Å². The van der Waals surface area contributed by atoms with Gasteiger partial charge in [0, 0.05) is 21.5 Å². The minimum atomic E-state index is 0.959. The first-order valence-electron chi connectivity index (χ1n) is 8.29. The molecule has 0 unspecified atom stereocenters. The van der Waals surface area contributed by atoms with Gasteiger partial charge in [-0.05, 0) is 34.4 Å². The Morgan fingerprint density at radius 2 is 1.50 bits per heavy atom. The lowest BCUT2D eigenvalue weighted by atomic mass is 9.91. The fourth-order valence-corrected chi connectivity index (χ4v) is 4.21. The van der Waals surface area contributed by atoms with Crippen molar-refractivity contribution in [2.45, 2.75) is 0 Å². The third-order valence-corrected chi connectivity index (χ3v) is 5.26. The van der Waals surface area contributed by atoms with Gasteiger partial charge in [-0.2, -0.15) is 0 Å². The lowest BCUT2D eigenvalue weighted by Gasteiger charge is -2.03. The van der Waals surface area contributed by atoms with Gasteiger partial charge in [-0.1, -0.05) is 60.1 Å². The van der Waals surface area contributed by atoms with Crippen LogP contribution < -0.4 is 5.46 Å². The maximum absolute atomic E-state index is 6.23. The van der Waals surface area contributed by atoms with E-state index >= 15 is 0 Å². The molecule has 0 bridgehead atoms. The maximum Gasteiger partial charge on any atom is 0.143 e. The third-order valence-electron chi connectivity index (χ3n) is 5.26. The molecule has 6 rings (SSSR count). The topological polar surface area (TPSA) is 13.1 Å². The number of para-hydroxylation sites is 1. The van der Waals surface area contributed by atoms with Crippen molar-refractivity contribution in [2.75, 3.05) is 0 Å². The van der Waals surface area contributed by atoms with Gasteiger partial charge in [0.1, 0.15) is 19.0 Å². The number of hydrogen-bond donors (Lipinski definition) is 0. The molecular formula is C22H13BO. The predicted molar refractivity (Wildman–Crippen MR) is 104 cm³/mol. The molecule has 4 aromatic carbocycles. The van der Waals surface area contributed by atoms with Crippen molar-refractivity contribution < 1.29 is 4.42 Å². The van der Waals surface area contributed by atoms with Crippen LogP contribution in [0.1, 0.15) is 0 Å². The van der Waals surface area contributed by atoms with Gasteiger partial charge in [-0.3, -0.25) is 0 Å². The van der Waals surface area contributed by atoms with Crippen molar-refractivity contribution in [1.82, 2.24) is 0 Å². The maximum atomic E-state index is 6.23. The van der Waals surface area contributed by atoms with Crippen LogP contribution in [0.5, 0.6) is 0 Å². The van der Waals surface area contributed by atoms with Gasteiger partial charge in [0.25, 0.3) is 0 Å². The molecule has 0 aliphatic heterocycles. The van der Waals surface area contributed by atoms with E-state index in [1.54, 1.807) is 0 Å². The summed E-state index contributed by atoms with van der Waals surface area (Å²) in [6.07, 6.45) is 0. The van der Waals surface area contributed by atoms with Crippen molar-refractivity contribution in [2.24, 2.45) is 0 Å². The summed E-state index contributed by atoms with van der Waals surface area (Å²) in [6, 6.07) is 23.9. The summed E-state index contributed by atoms with van der Waals surface area (Å²) < 4.78 is 6.23. The Labute approximate surface area is 139 Å². The lowest BCUT2D eigenvalue weighted by molar-refractivity contribution is 0.672. The number of furan rings is 1. The second-order valence-corrected chi connectivity index (χ2v) is 6.68. The van der Waals surface area contributed by atoms with E-state index in [1.807, 2.05) is 12.1 Å². The van der Waals surface area contributed by atoms with E-state index in [0.717, 1.165) is 11.2 Å². The third kappa shape index (κ3) is 1.37. The molecule has 0 atom stereocenters. The molecule has 0 fully saturated rings. The Bertz CT molecular complexity index is 1310. The van der Waals surface area contributed by atoms with Crippen LogP contribution in [-0.4, -0.2) is 7.85 Å². The largest absolute Gasteiger partial charge is 0.455 e. The Balaban J connectivity index is 1.90. The van der Waals surface area contributed by atoms with Gasteiger partial charge in [0.15, 0.2) is 0 Å². The van der Waals surface area contributed by atoms with Crippen LogP contribution in [0.4, 0.5) is 0 Å². The molecule has 110 valence electrons. The Hall–Kier alpha value is -3.00. The average Bonchev–Trinajstić information content (AvgIpc) is 3.13. The fraction of sp³-hybridized carbons (Fsp3) is 0. The first kappa shape index (κ1) is 12.4. The minimum absolute atomic E-state index is 0.959. The summed E-state index contributed by atoms with van der Waals surface area (Å²) in [5.74, 6) is 0. The van der Waals surface area contributed by atoms with Crippen LogP contribution >= 0.6 is 0 Å². The summed E-state index contributed by atoms with van der Waals surface area (Å²) in [5.41, 5.74) is 8.58. The number of fused-ring (bicyclic) bond motifs is 7. The highest BCUT2D eigenvalue weighted by Gasteiger charge is 2.24. The summed E-state index contributed by atoms with van der Waals surface area (Å²) in [6.45, 7) is 0. The lowest BCUT2D eigenvalue weighted by Crippen LogP contribution is -2.00. The van der Waals surface area contributed by atoms with E-state index in [9.17, 15) is 0 Å². The van der Waals surface area contributed by atoms with E-state index in [2.05, 4.69) is 62.4 Å². The molecule has 1 nitrogen and oxygen atoms in total. The van der Waals surface area contributed by atoms with E-state index in [0.29, 0.717) is 0 Å². The monoisotopic (exact) mass is 304 g/mol. The number of rotatable bonds is 0. The van der Waals surface area contributed by atoms with Crippen molar-refractivity contribution in [3.63, 3.8) is 0 Å². The van der Waals surface area contributed by atoms with Gasteiger partial charge in [-0.25, -0.2) is 0 Å². The Kier molecular flexibility index (Phi) is 2.12. The van der Waals surface area contributed by atoms with Crippen molar-refractivity contribution in [1.29, 1.82) is 0 Å². The zero-order chi connectivity index (χ0) is 15.8. The standard InChI is InChI=1S/C22H13BO/c23-12-8-9-13-17(10-12)15-5-3-6-16-21(15)18(13)11-19-14-4-1-2-7-20(14)24-22(16)19/h1-11H,23H2. The smallest absolute Gasteiger partial charge is 0.143 e. The van der Waals surface area contributed by atoms with Crippen LogP contribution in [0.15, 0.2) is 71.1 Å². The molecule has 1 heterocycles. The molecular weight excluding hydrogens is 291 g/mol. The van der Waals surface area contributed by atoms with Crippen LogP contribution in [0.25, 0.3) is 55.0 Å². The van der Waals surface area contributed by atoms with Gasteiger partial charge in [-0.15, -0.1) is 0 Å². The highest BCUT2D eigenvalue weighted by molar-refractivity contribution is 6.34. The molecule has 0 N–H and O–H groups in total. The molecule has 5 aromatic rings. The second-order valence-electron chi connectivity index (χ2n) is 6.68. The van der Waals surface area contributed by atoms with E-state index in [1.165, 1.54) is 49.3 Å². The molecule has 24 heavy (non-hydrogen) atoms. The number of hydrogen-bond acceptors (Lipinski definition) is 1. The highest BCUT2D eigenvalue weighted by atomic mass is 16.3. The Morgan fingerprint density at radius 3 is 2.46 bits per heavy atom. The quantitative estimate of drug-likeness (QED) is 0.372. The second kappa shape index (κ2) is 4.10. The van der Waals surface area contributed by atoms with E-state index < -0.39 is 0 Å². The van der Waals surface area contributed by atoms with Crippen molar-refractivity contribution >= 4 is 46.0 Å². The number of benzene rings is 4. The van der Waals surface area contributed by atoms with Crippen LogP contribution in [0.2, 0.25) is 0 Å². The van der Waals surface area contributed by atoms with Crippen molar-refractivity contribution in [3.8, 4) is 22.3 Å². The molecule has 1 aromatic heterocycles. The molecule has 0 saturated heterocycles. The molecule has 0 spiro atoms. The molecule has 1 aliphatic carbocycles. The molecule has 2 heteroatoms. The predicted octanol–water partition coefficient (Wildman–Crippen LogP) is 4.65. The van der Waals surface area contributed by atoms with E-state index in [4.69, 9.17) is 4.42 Å². The van der Waals surface area contributed by atoms with Gasteiger partial charge < -0.3 is 4.42 Å². The Morgan fingerprint density at radius 1 is 0.625 bits per heavy atom. The molecule has 1 aliphatic rings. The summed E-state index contributed by atoms with van der Waals surface area (Å²) >= 11 is 0. The van der Waals surface area contributed by atoms with Crippen molar-refractivity contribution in [3.05, 3.63) is 66.7 Å². The summed E-state index contributed by atoms with van der Waals surface area (Å²) in [4.78, 5) is 0. The normalized spacial score (nSPS) is 12.3. The zero-order valence-electron chi connectivity index (χ0n) is 13.3. The first-order chi connectivity index (χ1) is 11.8. The van der Waals surface area contributed by atoms with Gasteiger partial charge in [0.05, 0.1) is 0 Å². The molecule has 0 saturated carbocycles. The summed E-state index contributed by atoms with van der Waals surface area (Å²) in [5, 5.41) is 4.94. The van der Waals surface area contributed by atoms with Crippen LogP contribution in [0.3, 0.4) is 0 Å². The molecule has 0 amide bonds. The first-order valence-corrected chi connectivity index (χ1v) is 8.29. The van der Waals surface area contributed by atoms with E-state index in [-0.39, 0.29) is 0 Å². The molecule has 0 radical (unpaired) electrons.